The predicted octanol–water partition coefficient (Wildman–Crippen LogP) is 3.52. The van der Waals surface area contributed by atoms with E-state index in [2.05, 4.69) is 5.16 Å². The first-order valence-corrected chi connectivity index (χ1v) is 7.14. The van der Waals surface area contributed by atoms with Crippen molar-refractivity contribution in [2.45, 2.75) is 0 Å². The number of carbonyl (C=O) groups is 1. The lowest BCUT2D eigenvalue weighted by Crippen LogP contribution is -2.11. The van der Waals surface area contributed by atoms with Crippen molar-refractivity contribution >= 4 is 22.8 Å². The van der Waals surface area contributed by atoms with Crippen molar-refractivity contribution in [2.24, 2.45) is 5.16 Å². The van der Waals surface area contributed by atoms with Crippen molar-refractivity contribution in [3.8, 4) is 0 Å². The van der Waals surface area contributed by atoms with Crippen LogP contribution in [0, 0.1) is 0 Å². The van der Waals surface area contributed by atoms with Crippen LogP contribution in [0.15, 0.2) is 71.9 Å². The summed E-state index contributed by atoms with van der Waals surface area (Å²) in [4.78, 5) is 12.4. The fourth-order valence-corrected chi connectivity index (χ4v) is 2.68. The van der Waals surface area contributed by atoms with Crippen LogP contribution in [-0.2, 0) is 9.53 Å². The number of hydrogen-bond acceptors (Lipinski definition) is 4. The van der Waals surface area contributed by atoms with Crippen LogP contribution in [0.25, 0.3) is 11.1 Å². The van der Waals surface area contributed by atoms with Crippen LogP contribution in [-0.4, -0.2) is 24.0 Å². The molecule has 0 heterocycles. The number of benzene rings is 2. The first-order chi connectivity index (χ1) is 11.3. The maximum absolute atomic E-state index is 12.4. The Bertz CT molecular complexity index is 833. The molecule has 1 N–H and O–H groups in total. The van der Waals surface area contributed by atoms with Gasteiger partial charge in [-0.2, -0.15) is 0 Å². The van der Waals surface area contributed by atoms with Gasteiger partial charge in [-0.25, -0.2) is 4.79 Å². The van der Waals surface area contributed by atoms with Gasteiger partial charge in [0, 0.05) is 5.56 Å². The Hall–Kier alpha value is -3.14. The molecule has 23 heavy (non-hydrogen) atoms. The number of carbonyl (C=O) groups excluding carboxylic acids is 1. The Balaban J connectivity index is 2.31. The van der Waals surface area contributed by atoms with Gasteiger partial charge < -0.3 is 9.94 Å². The van der Waals surface area contributed by atoms with Crippen molar-refractivity contribution < 1.29 is 14.7 Å². The number of esters is 1. The van der Waals surface area contributed by atoms with Gasteiger partial charge >= 0.3 is 5.97 Å². The number of allylic oxidation sites excluding steroid dienone is 3. The van der Waals surface area contributed by atoms with E-state index in [4.69, 9.17) is 9.94 Å². The molecule has 0 aliphatic heterocycles. The molecule has 0 radical (unpaired) electrons. The number of nitrogens with zero attached hydrogens (tertiary/aromatic N) is 1. The van der Waals surface area contributed by atoms with Gasteiger partial charge in [-0.05, 0) is 22.8 Å². The highest BCUT2D eigenvalue weighted by Gasteiger charge is 2.23. The molecule has 4 nitrogen and oxygen atoms in total. The van der Waals surface area contributed by atoms with Gasteiger partial charge in [0.1, 0.15) is 5.71 Å². The third kappa shape index (κ3) is 2.66. The van der Waals surface area contributed by atoms with Gasteiger partial charge in [-0.3, -0.25) is 0 Å². The van der Waals surface area contributed by atoms with Crippen molar-refractivity contribution in [1.82, 2.24) is 0 Å². The van der Waals surface area contributed by atoms with E-state index in [9.17, 15) is 4.79 Å². The SMILES string of the molecule is COC(=O)/C(=C1C=C/C(=N\O)c2ccccc2\1)c1ccccc1. The first kappa shape index (κ1) is 14.8. The number of ether oxygens (including phenoxy) is 1. The van der Waals surface area contributed by atoms with Crippen molar-refractivity contribution in [1.29, 1.82) is 0 Å². The first-order valence-electron chi connectivity index (χ1n) is 7.14. The third-order valence-corrected chi connectivity index (χ3v) is 3.73. The summed E-state index contributed by atoms with van der Waals surface area (Å²) in [6, 6.07) is 16.9. The molecule has 0 atom stereocenters. The summed E-state index contributed by atoms with van der Waals surface area (Å²) in [5.74, 6) is -0.407. The zero-order valence-electron chi connectivity index (χ0n) is 12.6. The number of rotatable bonds is 2. The molecule has 0 unspecified atom stereocenters. The van der Waals surface area contributed by atoms with Crippen LogP contribution in [0.4, 0.5) is 0 Å². The van der Waals surface area contributed by atoms with Crippen molar-refractivity contribution in [3.63, 3.8) is 0 Å². The smallest absolute Gasteiger partial charge is 0.339 e. The van der Waals surface area contributed by atoms with Crippen LogP contribution in [0.2, 0.25) is 0 Å². The molecule has 2 aromatic rings. The summed E-state index contributed by atoms with van der Waals surface area (Å²) in [5, 5.41) is 12.5. The maximum Gasteiger partial charge on any atom is 0.339 e. The van der Waals surface area contributed by atoms with E-state index in [0.29, 0.717) is 11.3 Å². The van der Waals surface area contributed by atoms with Gasteiger partial charge in [0.05, 0.1) is 12.7 Å². The standard InChI is InChI=1S/C19H15NO3/c1-23-19(21)18(13-7-3-2-4-8-13)16-11-12-17(20-22)15-10-6-5-9-14(15)16/h2-12,22H,1H3/b18-16+,20-17+. The van der Waals surface area contributed by atoms with Crippen LogP contribution in [0.1, 0.15) is 16.7 Å². The largest absolute Gasteiger partial charge is 0.465 e. The Morgan fingerprint density at radius 2 is 1.61 bits per heavy atom. The highest BCUT2D eigenvalue weighted by Crippen LogP contribution is 2.33. The van der Waals surface area contributed by atoms with E-state index >= 15 is 0 Å². The van der Waals surface area contributed by atoms with Crippen LogP contribution < -0.4 is 0 Å². The molecule has 1 aliphatic rings. The van der Waals surface area contributed by atoms with Crippen molar-refractivity contribution in [3.05, 3.63) is 83.4 Å². The highest BCUT2D eigenvalue weighted by molar-refractivity contribution is 6.29. The molecule has 1 aliphatic carbocycles. The molecule has 0 aromatic heterocycles. The van der Waals surface area contributed by atoms with Crippen LogP contribution in [0.5, 0.6) is 0 Å². The molecule has 0 spiro atoms. The summed E-state index contributed by atoms with van der Waals surface area (Å²) in [6.07, 6.45) is 3.46. The molecule has 0 fully saturated rings. The molecule has 0 saturated heterocycles. The second-order valence-electron chi connectivity index (χ2n) is 5.01. The highest BCUT2D eigenvalue weighted by atomic mass is 16.5. The molecule has 0 saturated carbocycles. The number of hydrogen-bond donors (Lipinski definition) is 1. The fraction of sp³-hybridized carbons (Fsp3) is 0.0526. The van der Waals surface area contributed by atoms with Gasteiger partial charge in [-0.1, -0.05) is 65.8 Å². The number of methoxy groups -OCH3 is 1. The minimum absolute atomic E-state index is 0.407. The van der Waals surface area contributed by atoms with Crippen molar-refractivity contribution in [2.75, 3.05) is 7.11 Å². The average molecular weight is 305 g/mol. The van der Waals surface area contributed by atoms with E-state index < -0.39 is 5.97 Å². The molecule has 3 rings (SSSR count). The molecule has 2 aromatic carbocycles. The Morgan fingerprint density at radius 1 is 0.957 bits per heavy atom. The lowest BCUT2D eigenvalue weighted by Gasteiger charge is -2.18. The molecule has 0 bridgehead atoms. The lowest BCUT2D eigenvalue weighted by atomic mass is 9.86. The molecule has 114 valence electrons. The number of fused-ring (bicyclic) bond motifs is 1. The third-order valence-electron chi connectivity index (χ3n) is 3.73. The molecular formula is C19H15NO3. The summed E-state index contributed by atoms with van der Waals surface area (Å²) in [7, 11) is 1.37. The quantitative estimate of drug-likeness (QED) is 0.400. The van der Waals surface area contributed by atoms with E-state index in [1.54, 1.807) is 12.2 Å². The normalized spacial score (nSPS) is 16.8. The summed E-state index contributed by atoms with van der Waals surface area (Å²) < 4.78 is 4.98. The zero-order valence-corrected chi connectivity index (χ0v) is 12.6. The van der Waals surface area contributed by atoms with E-state index in [0.717, 1.165) is 22.3 Å². The van der Waals surface area contributed by atoms with E-state index in [1.807, 2.05) is 54.6 Å². The second kappa shape index (κ2) is 6.32. The van der Waals surface area contributed by atoms with E-state index in [1.165, 1.54) is 7.11 Å². The van der Waals surface area contributed by atoms with Gasteiger partial charge in [-0.15, -0.1) is 0 Å². The average Bonchev–Trinajstić information content (AvgIpc) is 2.62. The topological polar surface area (TPSA) is 58.9 Å². The summed E-state index contributed by atoms with van der Waals surface area (Å²) in [5.41, 5.74) is 4.05. The molecule has 4 heteroatoms. The predicted molar refractivity (Wildman–Crippen MR) is 89.2 cm³/mol. The van der Waals surface area contributed by atoms with Crippen LogP contribution in [0.3, 0.4) is 0 Å². The Kier molecular flexibility index (Phi) is 4.06. The zero-order chi connectivity index (χ0) is 16.2. The Labute approximate surface area is 134 Å². The summed E-state index contributed by atoms with van der Waals surface area (Å²) in [6.45, 7) is 0. The maximum atomic E-state index is 12.4. The monoisotopic (exact) mass is 305 g/mol. The molecular weight excluding hydrogens is 290 g/mol. The molecule has 0 amide bonds. The summed E-state index contributed by atoms with van der Waals surface area (Å²) >= 11 is 0. The van der Waals surface area contributed by atoms with E-state index in [-0.39, 0.29) is 0 Å². The van der Waals surface area contributed by atoms with Crippen LogP contribution >= 0.6 is 0 Å². The van der Waals surface area contributed by atoms with Gasteiger partial charge in [0.2, 0.25) is 0 Å². The fourth-order valence-electron chi connectivity index (χ4n) is 2.68. The Morgan fingerprint density at radius 3 is 2.26 bits per heavy atom. The lowest BCUT2D eigenvalue weighted by molar-refractivity contribution is -0.133. The van der Waals surface area contributed by atoms with Gasteiger partial charge in [0.25, 0.3) is 0 Å². The minimum atomic E-state index is -0.407. The minimum Gasteiger partial charge on any atom is -0.465 e. The number of oxime groups is 1. The van der Waals surface area contributed by atoms with Gasteiger partial charge in [0.15, 0.2) is 0 Å². The second-order valence-corrected chi connectivity index (χ2v) is 5.01.